The molecule has 31 heavy (non-hydrogen) atoms. The molecule has 2 aliphatic heterocycles. The van der Waals surface area contributed by atoms with Gasteiger partial charge in [0.05, 0.1) is 5.69 Å². The van der Waals surface area contributed by atoms with Crippen LogP contribution in [0.3, 0.4) is 0 Å². The number of nitrogens with one attached hydrogen (secondary N) is 2. The molecule has 1 saturated heterocycles. The second-order valence-corrected chi connectivity index (χ2v) is 9.06. The average Bonchev–Trinajstić information content (AvgIpc) is 2.82. The molecule has 2 aromatic rings. The second-order valence-electron chi connectivity index (χ2n) is 7.94. The number of piperidine rings is 1. The van der Waals surface area contributed by atoms with E-state index in [1.54, 1.807) is 17.8 Å². The Bertz CT molecular complexity index is 915. The Kier molecular flexibility index (Phi) is 7.14. The van der Waals surface area contributed by atoms with Crippen LogP contribution in [0.2, 0.25) is 0 Å². The maximum absolute atomic E-state index is 12.7. The maximum Gasteiger partial charge on any atom is 0.252 e. The van der Waals surface area contributed by atoms with E-state index in [2.05, 4.69) is 39.5 Å². The van der Waals surface area contributed by atoms with E-state index in [0.717, 1.165) is 55.3 Å². The lowest BCUT2D eigenvalue weighted by Gasteiger charge is -2.35. The molecule has 1 atom stereocenters. The van der Waals surface area contributed by atoms with Gasteiger partial charge in [0.15, 0.2) is 0 Å². The highest BCUT2D eigenvalue weighted by molar-refractivity contribution is 8.00. The summed E-state index contributed by atoms with van der Waals surface area (Å²) in [5, 5.41) is 5.85. The maximum atomic E-state index is 12.7. The van der Waals surface area contributed by atoms with E-state index in [9.17, 15) is 9.59 Å². The number of hydrogen-bond donors (Lipinski definition) is 2. The highest BCUT2D eigenvalue weighted by Crippen LogP contribution is 2.38. The molecule has 2 amide bonds. The molecular formula is C24H30N4O2S. The fourth-order valence-electron chi connectivity index (χ4n) is 4.15. The van der Waals surface area contributed by atoms with Crippen LogP contribution in [0.25, 0.3) is 0 Å². The van der Waals surface area contributed by atoms with E-state index < -0.39 is 0 Å². The van der Waals surface area contributed by atoms with Gasteiger partial charge in [-0.05, 0) is 63.2 Å². The second kappa shape index (κ2) is 10.2. The Morgan fingerprint density at radius 1 is 1.16 bits per heavy atom. The zero-order chi connectivity index (χ0) is 21.6. The minimum Gasteiger partial charge on any atom is -0.370 e. The number of fused-ring (bicyclic) bond motifs is 1. The molecule has 164 valence electrons. The number of anilines is 2. The molecule has 0 aliphatic carbocycles. The summed E-state index contributed by atoms with van der Waals surface area (Å²) in [6.07, 6.45) is 3.54. The number of thioether (sulfide) groups is 1. The first-order valence-corrected chi connectivity index (χ1v) is 12.0. The standard InChI is InChI=1S/C24H30N4O2S/c1-2-27(19-9-5-3-6-10-19)16-13-25-22(29)18-11-12-21-20(17-18)26-23(30)24(31-21)28-14-7-4-8-15-28/h3,5-6,9-12,17,24H,2,4,7-8,13-16H2,1H3,(H,25,29)(H,26,30). The number of nitrogens with zero attached hydrogens (tertiary/aromatic N) is 2. The van der Waals surface area contributed by atoms with Gasteiger partial charge in [0, 0.05) is 35.8 Å². The van der Waals surface area contributed by atoms with Gasteiger partial charge < -0.3 is 15.5 Å². The Morgan fingerprint density at radius 2 is 1.94 bits per heavy atom. The van der Waals surface area contributed by atoms with Crippen molar-refractivity contribution in [3.63, 3.8) is 0 Å². The van der Waals surface area contributed by atoms with Gasteiger partial charge in [-0.2, -0.15) is 0 Å². The van der Waals surface area contributed by atoms with Crippen molar-refractivity contribution in [3.05, 3.63) is 54.1 Å². The Balaban J connectivity index is 1.35. The predicted octanol–water partition coefficient (Wildman–Crippen LogP) is 3.80. The van der Waals surface area contributed by atoms with Gasteiger partial charge in [-0.1, -0.05) is 36.4 Å². The van der Waals surface area contributed by atoms with Crippen molar-refractivity contribution in [2.24, 2.45) is 0 Å². The zero-order valence-electron chi connectivity index (χ0n) is 18.0. The first kappa shape index (κ1) is 21.7. The molecule has 0 radical (unpaired) electrons. The smallest absolute Gasteiger partial charge is 0.252 e. The molecule has 0 aromatic heterocycles. The van der Waals surface area contributed by atoms with Crippen molar-refractivity contribution in [3.8, 4) is 0 Å². The number of carbonyl (C=O) groups is 2. The van der Waals surface area contributed by atoms with E-state index in [1.807, 2.05) is 30.3 Å². The third kappa shape index (κ3) is 5.22. The molecule has 6 nitrogen and oxygen atoms in total. The molecule has 4 rings (SSSR count). The number of benzene rings is 2. The monoisotopic (exact) mass is 438 g/mol. The van der Waals surface area contributed by atoms with Gasteiger partial charge in [-0.15, -0.1) is 0 Å². The molecule has 2 heterocycles. The third-order valence-electron chi connectivity index (χ3n) is 5.86. The highest BCUT2D eigenvalue weighted by atomic mass is 32.2. The lowest BCUT2D eigenvalue weighted by molar-refractivity contribution is -0.118. The number of rotatable bonds is 7. The first-order chi connectivity index (χ1) is 15.2. The van der Waals surface area contributed by atoms with Crippen molar-refractivity contribution >= 4 is 35.0 Å². The highest BCUT2D eigenvalue weighted by Gasteiger charge is 2.33. The SMILES string of the molecule is CCN(CCNC(=O)c1ccc2c(c1)NC(=O)C(N1CCCCC1)S2)c1ccccc1. The van der Waals surface area contributed by atoms with Crippen molar-refractivity contribution in [2.75, 3.05) is 42.9 Å². The van der Waals surface area contributed by atoms with E-state index in [1.165, 1.54) is 6.42 Å². The van der Waals surface area contributed by atoms with Gasteiger partial charge >= 0.3 is 0 Å². The van der Waals surface area contributed by atoms with Crippen LogP contribution in [0.15, 0.2) is 53.4 Å². The number of likely N-dealkylation sites (N-methyl/N-ethyl adjacent to an activating group) is 1. The molecular weight excluding hydrogens is 408 g/mol. The van der Waals surface area contributed by atoms with Gasteiger partial charge in [0.1, 0.15) is 5.37 Å². The molecule has 2 N–H and O–H groups in total. The van der Waals surface area contributed by atoms with Crippen LogP contribution in [0.1, 0.15) is 36.5 Å². The summed E-state index contributed by atoms with van der Waals surface area (Å²) in [5.41, 5.74) is 2.45. The molecule has 7 heteroatoms. The summed E-state index contributed by atoms with van der Waals surface area (Å²) in [7, 11) is 0. The van der Waals surface area contributed by atoms with Crippen molar-refractivity contribution in [1.82, 2.24) is 10.2 Å². The summed E-state index contributed by atoms with van der Waals surface area (Å²) < 4.78 is 0. The molecule has 2 aliphatic rings. The van der Waals surface area contributed by atoms with Crippen LogP contribution >= 0.6 is 11.8 Å². The van der Waals surface area contributed by atoms with Crippen LogP contribution in [0.4, 0.5) is 11.4 Å². The Labute approximate surface area is 188 Å². The third-order valence-corrected chi connectivity index (χ3v) is 7.20. The van der Waals surface area contributed by atoms with Crippen LogP contribution < -0.4 is 15.5 Å². The largest absolute Gasteiger partial charge is 0.370 e. The number of hydrogen-bond acceptors (Lipinski definition) is 5. The number of para-hydroxylation sites is 1. The summed E-state index contributed by atoms with van der Waals surface area (Å²) in [4.78, 5) is 30.9. The van der Waals surface area contributed by atoms with E-state index >= 15 is 0 Å². The molecule has 0 saturated carbocycles. The average molecular weight is 439 g/mol. The fraction of sp³-hybridized carbons (Fsp3) is 0.417. The number of carbonyl (C=O) groups excluding carboxylic acids is 2. The molecule has 0 bridgehead atoms. The predicted molar refractivity (Wildman–Crippen MR) is 127 cm³/mol. The molecule has 1 fully saturated rings. The number of amides is 2. The normalized spacial score (nSPS) is 18.7. The topological polar surface area (TPSA) is 64.7 Å². The summed E-state index contributed by atoms with van der Waals surface area (Å²) in [5.74, 6) is -0.109. The first-order valence-electron chi connectivity index (χ1n) is 11.1. The van der Waals surface area contributed by atoms with Gasteiger partial charge in [-0.25, -0.2) is 0 Å². The summed E-state index contributed by atoms with van der Waals surface area (Å²) in [6, 6.07) is 15.8. The van der Waals surface area contributed by atoms with Gasteiger partial charge in [-0.3, -0.25) is 14.5 Å². The van der Waals surface area contributed by atoms with E-state index in [4.69, 9.17) is 0 Å². The van der Waals surface area contributed by atoms with Gasteiger partial charge in [0.2, 0.25) is 0 Å². The van der Waals surface area contributed by atoms with Crippen molar-refractivity contribution < 1.29 is 9.59 Å². The lowest BCUT2D eigenvalue weighted by atomic mass is 10.1. The van der Waals surface area contributed by atoms with E-state index in [-0.39, 0.29) is 17.2 Å². The van der Waals surface area contributed by atoms with Crippen LogP contribution in [0, 0.1) is 0 Å². The minimum absolute atomic E-state index is 0.0124. The van der Waals surface area contributed by atoms with Gasteiger partial charge in [0.25, 0.3) is 11.8 Å². The Morgan fingerprint density at radius 3 is 2.68 bits per heavy atom. The Hall–Kier alpha value is -2.51. The van der Waals surface area contributed by atoms with Crippen LogP contribution in [0.5, 0.6) is 0 Å². The number of likely N-dealkylation sites (tertiary alicyclic amines) is 1. The summed E-state index contributed by atoms with van der Waals surface area (Å²) >= 11 is 1.59. The quantitative estimate of drug-likeness (QED) is 0.688. The van der Waals surface area contributed by atoms with Crippen LogP contribution in [-0.4, -0.2) is 54.8 Å². The van der Waals surface area contributed by atoms with Crippen molar-refractivity contribution in [1.29, 1.82) is 0 Å². The van der Waals surface area contributed by atoms with E-state index in [0.29, 0.717) is 12.1 Å². The van der Waals surface area contributed by atoms with Crippen LogP contribution in [-0.2, 0) is 4.79 Å². The van der Waals surface area contributed by atoms with Crippen molar-refractivity contribution in [2.45, 2.75) is 36.5 Å². The summed E-state index contributed by atoms with van der Waals surface area (Å²) in [6.45, 7) is 6.21. The zero-order valence-corrected chi connectivity index (χ0v) is 18.8. The lowest BCUT2D eigenvalue weighted by Crippen LogP contribution is -2.46. The molecule has 1 unspecified atom stereocenters. The molecule has 0 spiro atoms. The fourth-order valence-corrected chi connectivity index (χ4v) is 5.30. The minimum atomic E-state index is -0.175. The molecule has 2 aromatic carbocycles.